The number of carboxylic acid groups (broad SMARTS) is 1. The number of carboxylic acids is 1. The highest BCUT2D eigenvalue weighted by Gasteiger charge is 2.28. The molecule has 0 saturated heterocycles. The number of nitrogens with one attached hydrogen (secondary N) is 1. The summed E-state index contributed by atoms with van der Waals surface area (Å²) in [6.07, 6.45) is 0. The molecule has 0 aromatic rings. The molecule has 2 amide bonds. The summed E-state index contributed by atoms with van der Waals surface area (Å²) >= 11 is 0. The second kappa shape index (κ2) is 7.92. The maximum absolute atomic E-state index is 11.8. The Kier molecular flexibility index (Phi) is 7.35. The molecular formula is C12H24N2O4. The van der Waals surface area contributed by atoms with E-state index in [1.165, 1.54) is 0 Å². The molecule has 0 radical (unpaired) electrons. The largest absolute Gasteiger partial charge is 0.481 e. The normalized spacial score (nSPS) is 11.1. The summed E-state index contributed by atoms with van der Waals surface area (Å²) in [4.78, 5) is 24.3. The first kappa shape index (κ1) is 16.7. The van der Waals surface area contributed by atoms with Crippen LogP contribution in [0.3, 0.4) is 0 Å². The number of urea groups is 1. The van der Waals surface area contributed by atoms with E-state index in [1.54, 1.807) is 18.7 Å². The Morgan fingerprint density at radius 3 is 2.39 bits per heavy atom. The zero-order valence-corrected chi connectivity index (χ0v) is 11.7. The van der Waals surface area contributed by atoms with Crippen molar-refractivity contribution in [2.75, 3.05) is 32.8 Å². The molecule has 0 bridgehead atoms. The number of nitrogens with zero attached hydrogens (tertiary/aromatic N) is 1. The maximum atomic E-state index is 11.8. The van der Waals surface area contributed by atoms with Crippen molar-refractivity contribution < 1.29 is 19.4 Å². The molecule has 0 aromatic heterocycles. The SMILES string of the molecule is CCOCCN(CC)C(=O)NCC(C)(C)C(=O)O. The smallest absolute Gasteiger partial charge is 0.317 e. The number of hydrogen-bond donors (Lipinski definition) is 2. The molecule has 0 aromatic carbocycles. The number of ether oxygens (including phenoxy) is 1. The number of rotatable bonds is 8. The minimum Gasteiger partial charge on any atom is -0.481 e. The molecule has 18 heavy (non-hydrogen) atoms. The predicted molar refractivity (Wildman–Crippen MR) is 68.6 cm³/mol. The van der Waals surface area contributed by atoms with Crippen molar-refractivity contribution in [1.29, 1.82) is 0 Å². The van der Waals surface area contributed by atoms with Crippen LogP contribution in [-0.2, 0) is 9.53 Å². The molecule has 2 N–H and O–H groups in total. The first-order valence-corrected chi connectivity index (χ1v) is 6.19. The molecule has 106 valence electrons. The molecule has 0 aliphatic rings. The van der Waals surface area contributed by atoms with Crippen LogP contribution in [0.25, 0.3) is 0 Å². The van der Waals surface area contributed by atoms with Crippen LogP contribution >= 0.6 is 0 Å². The van der Waals surface area contributed by atoms with Crippen LogP contribution in [0.2, 0.25) is 0 Å². The third-order valence-electron chi connectivity index (χ3n) is 2.64. The van der Waals surface area contributed by atoms with Gasteiger partial charge in [-0.3, -0.25) is 4.79 Å². The second-order valence-corrected chi connectivity index (χ2v) is 4.62. The number of hydrogen-bond acceptors (Lipinski definition) is 3. The number of likely N-dealkylation sites (N-methyl/N-ethyl adjacent to an activating group) is 1. The third-order valence-corrected chi connectivity index (χ3v) is 2.64. The van der Waals surface area contributed by atoms with Crippen molar-refractivity contribution >= 4 is 12.0 Å². The standard InChI is InChI=1S/C12H24N2O4/c1-5-14(7-8-18-6-2)11(17)13-9-12(3,4)10(15)16/h5-9H2,1-4H3,(H,13,17)(H,15,16). The Bertz CT molecular complexity index is 279. The van der Waals surface area contributed by atoms with Crippen LogP contribution in [0.4, 0.5) is 4.79 Å². The summed E-state index contributed by atoms with van der Waals surface area (Å²) in [5, 5.41) is 11.6. The predicted octanol–water partition coefficient (Wildman–Crippen LogP) is 1.17. The molecular weight excluding hydrogens is 236 g/mol. The molecule has 0 spiro atoms. The average molecular weight is 260 g/mol. The van der Waals surface area contributed by atoms with Gasteiger partial charge in [-0.15, -0.1) is 0 Å². The molecule has 0 saturated carbocycles. The Morgan fingerprint density at radius 1 is 1.33 bits per heavy atom. The lowest BCUT2D eigenvalue weighted by atomic mass is 9.94. The van der Waals surface area contributed by atoms with E-state index in [0.29, 0.717) is 26.3 Å². The fraction of sp³-hybridized carbons (Fsp3) is 0.833. The van der Waals surface area contributed by atoms with Gasteiger partial charge in [0.15, 0.2) is 0 Å². The van der Waals surface area contributed by atoms with E-state index in [2.05, 4.69) is 5.32 Å². The van der Waals surface area contributed by atoms with Gasteiger partial charge in [0.2, 0.25) is 0 Å². The zero-order valence-electron chi connectivity index (χ0n) is 11.7. The van der Waals surface area contributed by atoms with Crippen LogP contribution in [0.15, 0.2) is 0 Å². The summed E-state index contributed by atoms with van der Waals surface area (Å²) < 4.78 is 5.18. The summed E-state index contributed by atoms with van der Waals surface area (Å²) in [5.41, 5.74) is -0.963. The van der Waals surface area contributed by atoms with Gasteiger partial charge in [-0.05, 0) is 27.7 Å². The Morgan fingerprint density at radius 2 is 1.94 bits per heavy atom. The van der Waals surface area contributed by atoms with Crippen LogP contribution < -0.4 is 5.32 Å². The van der Waals surface area contributed by atoms with E-state index in [9.17, 15) is 9.59 Å². The van der Waals surface area contributed by atoms with E-state index in [4.69, 9.17) is 9.84 Å². The van der Waals surface area contributed by atoms with Gasteiger partial charge in [0.25, 0.3) is 0 Å². The van der Waals surface area contributed by atoms with E-state index in [-0.39, 0.29) is 12.6 Å². The molecule has 0 rings (SSSR count). The Labute approximate surface area is 108 Å². The van der Waals surface area contributed by atoms with E-state index in [1.807, 2.05) is 13.8 Å². The highest BCUT2D eigenvalue weighted by Crippen LogP contribution is 2.13. The summed E-state index contributed by atoms with van der Waals surface area (Å²) in [5.74, 6) is -0.930. The molecule has 0 heterocycles. The maximum Gasteiger partial charge on any atom is 0.317 e. The summed E-state index contributed by atoms with van der Waals surface area (Å²) in [6, 6.07) is -0.258. The van der Waals surface area contributed by atoms with Gasteiger partial charge in [0.05, 0.1) is 12.0 Å². The van der Waals surface area contributed by atoms with Crippen LogP contribution in [-0.4, -0.2) is 54.9 Å². The van der Waals surface area contributed by atoms with Crippen LogP contribution in [0, 0.1) is 5.41 Å². The van der Waals surface area contributed by atoms with Gasteiger partial charge in [-0.25, -0.2) is 4.79 Å². The van der Waals surface area contributed by atoms with E-state index < -0.39 is 11.4 Å². The molecule has 0 unspecified atom stereocenters. The average Bonchev–Trinajstić information content (AvgIpc) is 2.31. The highest BCUT2D eigenvalue weighted by molar-refractivity contribution is 5.77. The fourth-order valence-corrected chi connectivity index (χ4v) is 1.21. The minimum absolute atomic E-state index is 0.103. The monoisotopic (exact) mass is 260 g/mol. The van der Waals surface area contributed by atoms with Gasteiger partial charge in [0.1, 0.15) is 0 Å². The molecule has 6 nitrogen and oxygen atoms in total. The van der Waals surface area contributed by atoms with Crippen molar-refractivity contribution in [1.82, 2.24) is 10.2 Å². The van der Waals surface area contributed by atoms with Gasteiger partial charge >= 0.3 is 12.0 Å². The van der Waals surface area contributed by atoms with E-state index in [0.717, 1.165) is 0 Å². The Hall–Kier alpha value is -1.30. The highest BCUT2D eigenvalue weighted by atomic mass is 16.5. The molecule has 0 aliphatic carbocycles. The first-order chi connectivity index (χ1) is 8.35. The topological polar surface area (TPSA) is 78.9 Å². The second-order valence-electron chi connectivity index (χ2n) is 4.62. The summed E-state index contributed by atoms with van der Waals surface area (Å²) in [7, 11) is 0. The molecule has 0 aliphatic heterocycles. The lowest BCUT2D eigenvalue weighted by Crippen LogP contribution is -2.46. The van der Waals surface area contributed by atoms with Crippen molar-refractivity contribution in [3.05, 3.63) is 0 Å². The van der Waals surface area contributed by atoms with Crippen molar-refractivity contribution in [3.63, 3.8) is 0 Å². The van der Waals surface area contributed by atoms with Crippen molar-refractivity contribution in [2.45, 2.75) is 27.7 Å². The third kappa shape index (κ3) is 5.86. The van der Waals surface area contributed by atoms with E-state index >= 15 is 0 Å². The molecule has 0 atom stereocenters. The number of carbonyl (C=O) groups excluding carboxylic acids is 1. The van der Waals surface area contributed by atoms with Gasteiger partial charge < -0.3 is 20.1 Å². The van der Waals surface area contributed by atoms with Gasteiger partial charge in [-0.1, -0.05) is 0 Å². The molecule has 0 fully saturated rings. The number of aliphatic carboxylic acids is 1. The molecule has 6 heteroatoms. The summed E-state index contributed by atoms with van der Waals surface area (Å²) in [6.45, 7) is 9.19. The fourth-order valence-electron chi connectivity index (χ4n) is 1.21. The van der Waals surface area contributed by atoms with Crippen LogP contribution in [0.1, 0.15) is 27.7 Å². The van der Waals surface area contributed by atoms with Gasteiger partial charge in [-0.2, -0.15) is 0 Å². The minimum atomic E-state index is -0.963. The lowest BCUT2D eigenvalue weighted by Gasteiger charge is -2.25. The first-order valence-electron chi connectivity index (χ1n) is 6.19. The quantitative estimate of drug-likeness (QED) is 0.642. The van der Waals surface area contributed by atoms with Crippen LogP contribution in [0.5, 0.6) is 0 Å². The zero-order chi connectivity index (χ0) is 14.2. The van der Waals surface area contributed by atoms with Gasteiger partial charge in [0, 0.05) is 26.2 Å². The number of carbonyl (C=O) groups is 2. The number of amides is 2. The van der Waals surface area contributed by atoms with Crippen molar-refractivity contribution in [2.24, 2.45) is 5.41 Å². The van der Waals surface area contributed by atoms with Crippen molar-refractivity contribution in [3.8, 4) is 0 Å². The lowest BCUT2D eigenvalue weighted by molar-refractivity contribution is -0.146. The Balaban J connectivity index is 4.16.